The summed E-state index contributed by atoms with van der Waals surface area (Å²) in [5, 5.41) is 8.81. The number of aryl methyl sites for hydroxylation is 2. The van der Waals surface area contributed by atoms with Crippen molar-refractivity contribution in [2.45, 2.75) is 46.6 Å². The standard InChI is InChI=1S/C22H26N4O2S/c1-13-20(29-14(2)24-13)21(27)25-18-10-22(3,4)11-19-17(18)12-23-26(19)15-6-8-16(28-5)9-7-15/h6-9,12,18H,10-11H2,1-5H3,(H,25,27). The fraction of sp³-hybridized carbons (Fsp3) is 0.409. The Bertz CT molecular complexity index is 1050. The first kappa shape index (κ1) is 19.6. The summed E-state index contributed by atoms with van der Waals surface area (Å²) in [6.07, 6.45) is 3.67. The lowest BCUT2D eigenvalue weighted by atomic mass is 9.74. The number of ether oxygens (including phenoxy) is 1. The van der Waals surface area contributed by atoms with E-state index in [1.165, 1.54) is 11.3 Å². The third-order valence-corrected chi connectivity index (χ3v) is 6.48. The Balaban J connectivity index is 1.67. The maximum atomic E-state index is 12.9. The van der Waals surface area contributed by atoms with E-state index in [1.54, 1.807) is 7.11 Å². The normalized spacial score (nSPS) is 17.6. The smallest absolute Gasteiger partial charge is 0.263 e. The zero-order chi connectivity index (χ0) is 20.8. The average Bonchev–Trinajstić information content (AvgIpc) is 3.23. The van der Waals surface area contributed by atoms with Crippen LogP contribution in [0.15, 0.2) is 30.5 Å². The molecule has 1 aromatic carbocycles. The maximum absolute atomic E-state index is 12.9. The Morgan fingerprint density at radius 3 is 2.62 bits per heavy atom. The molecule has 2 heterocycles. The zero-order valence-electron chi connectivity index (χ0n) is 17.4. The molecule has 1 aliphatic rings. The molecule has 0 radical (unpaired) electrons. The second-order valence-electron chi connectivity index (χ2n) is 8.38. The molecule has 0 aliphatic heterocycles. The monoisotopic (exact) mass is 410 g/mol. The molecule has 1 aliphatic carbocycles. The highest BCUT2D eigenvalue weighted by Crippen LogP contribution is 2.41. The summed E-state index contributed by atoms with van der Waals surface area (Å²) >= 11 is 1.44. The molecule has 0 saturated carbocycles. The van der Waals surface area contributed by atoms with Crippen molar-refractivity contribution in [2.24, 2.45) is 5.41 Å². The molecule has 7 heteroatoms. The van der Waals surface area contributed by atoms with Crippen LogP contribution < -0.4 is 10.1 Å². The SMILES string of the molecule is COc1ccc(-n2ncc3c2CC(C)(C)CC3NC(=O)c2sc(C)nc2C)cc1. The van der Waals surface area contributed by atoms with E-state index < -0.39 is 0 Å². The van der Waals surface area contributed by atoms with E-state index in [1.807, 2.05) is 49.0 Å². The number of carbonyl (C=O) groups is 1. The molecule has 1 atom stereocenters. The molecule has 0 spiro atoms. The summed E-state index contributed by atoms with van der Waals surface area (Å²) in [4.78, 5) is 18.0. The maximum Gasteiger partial charge on any atom is 0.263 e. The van der Waals surface area contributed by atoms with Crippen LogP contribution in [0.1, 0.15) is 57.9 Å². The van der Waals surface area contributed by atoms with Gasteiger partial charge in [-0.05, 0) is 56.4 Å². The van der Waals surface area contributed by atoms with E-state index in [0.29, 0.717) is 4.88 Å². The second kappa shape index (κ2) is 7.30. The van der Waals surface area contributed by atoms with Crippen LogP contribution in [0.2, 0.25) is 0 Å². The van der Waals surface area contributed by atoms with Crippen LogP contribution in [0.25, 0.3) is 5.69 Å². The minimum absolute atomic E-state index is 0.0495. The number of benzene rings is 1. The van der Waals surface area contributed by atoms with Crippen molar-refractivity contribution in [3.05, 3.63) is 57.3 Å². The molecule has 1 unspecified atom stereocenters. The summed E-state index contributed by atoms with van der Waals surface area (Å²) in [7, 11) is 1.66. The number of hydrogen-bond donors (Lipinski definition) is 1. The number of nitrogens with one attached hydrogen (secondary N) is 1. The van der Waals surface area contributed by atoms with Crippen LogP contribution in [0.3, 0.4) is 0 Å². The van der Waals surface area contributed by atoms with Gasteiger partial charge in [-0.2, -0.15) is 5.10 Å². The highest BCUT2D eigenvalue weighted by Gasteiger charge is 2.36. The Morgan fingerprint density at radius 2 is 2.00 bits per heavy atom. The highest BCUT2D eigenvalue weighted by atomic mass is 32.1. The number of carbonyl (C=O) groups excluding carboxylic acids is 1. The predicted octanol–water partition coefficient (Wildman–Crippen LogP) is 4.40. The molecule has 0 saturated heterocycles. The van der Waals surface area contributed by atoms with Crippen LogP contribution in [0, 0.1) is 19.3 Å². The van der Waals surface area contributed by atoms with Gasteiger partial charge in [-0.1, -0.05) is 13.8 Å². The largest absolute Gasteiger partial charge is 0.497 e. The minimum Gasteiger partial charge on any atom is -0.497 e. The zero-order valence-corrected chi connectivity index (χ0v) is 18.3. The topological polar surface area (TPSA) is 69.0 Å². The van der Waals surface area contributed by atoms with Gasteiger partial charge in [0.15, 0.2) is 0 Å². The van der Waals surface area contributed by atoms with E-state index in [0.717, 1.165) is 46.2 Å². The lowest BCUT2D eigenvalue weighted by molar-refractivity contribution is 0.0922. The summed E-state index contributed by atoms with van der Waals surface area (Å²) in [6, 6.07) is 7.81. The van der Waals surface area contributed by atoms with Gasteiger partial charge in [0.2, 0.25) is 0 Å². The first-order valence-electron chi connectivity index (χ1n) is 9.73. The molecule has 152 valence electrons. The van der Waals surface area contributed by atoms with Crippen molar-refractivity contribution in [1.29, 1.82) is 0 Å². The number of thiazole rings is 1. The van der Waals surface area contributed by atoms with Gasteiger partial charge in [0.1, 0.15) is 10.6 Å². The third kappa shape index (κ3) is 3.79. The van der Waals surface area contributed by atoms with Gasteiger partial charge in [0.05, 0.1) is 41.4 Å². The van der Waals surface area contributed by atoms with Gasteiger partial charge in [-0.3, -0.25) is 4.79 Å². The summed E-state index contributed by atoms with van der Waals surface area (Å²) in [5.74, 6) is 0.759. The average molecular weight is 411 g/mol. The van der Waals surface area contributed by atoms with Crippen molar-refractivity contribution in [1.82, 2.24) is 20.1 Å². The Labute approximate surface area is 174 Å². The molecule has 3 aromatic rings. The van der Waals surface area contributed by atoms with Crippen molar-refractivity contribution >= 4 is 17.2 Å². The fourth-order valence-electron chi connectivity index (χ4n) is 4.08. The number of aromatic nitrogens is 3. The van der Waals surface area contributed by atoms with Crippen LogP contribution in [-0.2, 0) is 6.42 Å². The summed E-state index contributed by atoms with van der Waals surface area (Å²) in [6.45, 7) is 8.29. The van der Waals surface area contributed by atoms with Crippen molar-refractivity contribution in [3.63, 3.8) is 0 Å². The van der Waals surface area contributed by atoms with Crippen molar-refractivity contribution < 1.29 is 9.53 Å². The van der Waals surface area contributed by atoms with Gasteiger partial charge < -0.3 is 10.1 Å². The number of methoxy groups -OCH3 is 1. The molecule has 0 bridgehead atoms. The number of hydrogen-bond acceptors (Lipinski definition) is 5. The van der Waals surface area contributed by atoms with Gasteiger partial charge in [-0.25, -0.2) is 9.67 Å². The van der Waals surface area contributed by atoms with Crippen LogP contribution in [-0.4, -0.2) is 27.8 Å². The predicted molar refractivity (Wildman–Crippen MR) is 114 cm³/mol. The van der Waals surface area contributed by atoms with E-state index in [9.17, 15) is 4.79 Å². The number of fused-ring (bicyclic) bond motifs is 1. The molecular formula is C22H26N4O2S. The van der Waals surface area contributed by atoms with E-state index in [2.05, 4.69) is 29.2 Å². The molecule has 6 nitrogen and oxygen atoms in total. The first-order valence-corrected chi connectivity index (χ1v) is 10.6. The minimum atomic E-state index is -0.0740. The van der Waals surface area contributed by atoms with Gasteiger partial charge >= 0.3 is 0 Å². The van der Waals surface area contributed by atoms with E-state index >= 15 is 0 Å². The van der Waals surface area contributed by atoms with Crippen LogP contribution >= 0.6 is 11.3 Å². The number of rotatable bonds is 4. The molecule has 4 rings (SSSR count). The van der Waals surface area contributed by atoms with Gasteiger partial charge in [0, 0.05) is 5.56 Å². The molecule has 0 fully saturated rings. The van der Waals surface area contributed by atoms with Gasteiger partial charge in [-0.15, -0.1) is 11.3 Å². The Morgan fingerprint density at radius 1 is 1.28 bits per heavy atom. The molecule has 1 N–H and O–H groups in total. The molecule has 2 aromatic heterocycles. The van der Waals surface area contributed by atoms with Crippen molar-refractivity contribution in [3.8, 4) is 11.4 Å². The van der Waals surface area contributed by atoms with Crippen molar-refractivity contribution in [2.75, 3.05) is 7.11 Å². The quantitative estimate of drug-likeness (QED) is 0.692. The summed E-state index contributed by atoms with van der Waals surface area (Å²) < 4.78 is 7.25. The van der Waals surface area contributed by atoms with E-state index in [-0.39, 0.29) is 17.4 Å². The molecule has 29 heavy (non-hydrogen) atoms. The second-order valence-corrected chi connectivity index (χ2v) is 9.58. The van der Waals surface area contributed by atoms with Crippen LogP contribution in [0.5, 0.6) is 5.75 Å². The van der Waals surface area contributed by atoms with Gasteiger partial charge in [0.25, 0.3) is 5.91 Å². The Hall–Kier alpha value is -2.67. The third-order valence-electron chi connectivity index (χ3n) is 5.41. The van der Waals surface area contributed by atoms with E-state index in [4.69, 9.17) is 4.74 Å². The highest BCUT2D eigenvalue weighted by molar-refractivity contribution is 7.13. The fourth-order valence-corrected chi connectivity index (χ4v) is 4.91. The number of nitrogens with zero attached hydrogens (tertiary/aromatic N) is 3. The lowest BCUT2D eigenvalue weighted by Crippen LogP contribution is -2.36. The first-order chi connectivity index (χ1) is 13.8. The lowest BCUT2D eigenvalue weighted by Gasteiger charge is -2.36. The summed E-state index contributed by atoms with van der Waals surface area (Å²) in [5.41, 5.74) is 4.06. The van der Waals surface area contributed by atoms with Crippen LogP contribution in [0.4, 0.5) is 0 Å². The number of amides is 1. The Kier molecular flexibility index (Phi) is 4.94. The molecular weight excluding hydrogens is 384 g/mol. The molecule has 1 amide bonds.